The van der Waals surface area contributed by atoms with E-state index in [-0.39, 0.29) is 6.04 Å². The van der Waals surface area contributed by atoms with Gasteiger partial charge in [-0.2, -0.15) is 0 Å². The van der Waals surface area contributed by atoms with E-state index >= 15 is 0 Å². The molecule has 1 rings (SSSR count). The molecule has 0 aromatic carbocycles. The second-order valence-corrected chi connectivity index (χ2v) is 7.76. The monoisotopic (exact) mass is 304 g/mol. The molecule has 0 saturated heterocycles. The summed E-state index contributed by atoms with van der Waals surface area (Å²) in [6.45, 7) is 7.14. The zero-order valence-corrected chi connectivity index (χ0v) is 13.5. The molecule has 1 aromatic heterocycles. The van der Waals surface area contributed by atoms with Gasteiger partial charge in [-0.15, -0.1) is 11.3 Å². The number of rotatable bonds is 9. The van der Waals surface area contributed by atoms with E-state index in [0.717, 1.165) is 24.3 Å². The summed E-state index contributed by atoms with van der Waals surface area (Å²) in [7, 11) is -3.28. The number of nitrogens with one attached hydrogen (secondary N) is 2. The standard InChI is InChI=1S/C13H24N2O2S2/c1-4-8-14-10-11(3)19(16,17)15-12(5-2)13-7-6-9-18-13/h6-7,9,11-12,14-15H,4-5,8,10H2,1-3H3. The summed E-state index contributed by atoms with van der Waals surface area (Å²) >= 11 is 1.59. The summed E-state index contributed by atoms with van der Waals surface area (Å²) in [5, 5.41) is 4.70. The van der Waals surface area contributed by atoms with Gasteiger partial charge in [-0.3, -0.25) is 0 Å². The minimum Gasteiger partial charge on any atom is -0.315 e. The van der Waals surface area contributed by atoms with Crippen LogP contribution in [-0.2, 0) is 10.0 Å². The van der Waals surface area contributed by atoms with Crippen LogP contribution >= 0.6 is 11.3 Å². The Morgan fingerprint density at radius 2 is 2.11 bits per heavy atom. The third-order valence-corrected chi connectivity index (χ3v) is 5.81. The first kappa shape index (κ1) is 16.6. The Balaban J connectivity index is 2.61. The first-order chi connectivity index (χ1) is 9.01. The number of thiophene rings is 1. The molecule has 0 aliphatic rings. The van der Waals surface area contributed by atoms with Crippen molar-refractivity contribution in [2.24, 2.45) is 0 Å². The van der Waals surface area contributed by atoms with Gasteiger partial charge in [0.05, 0.1) is 11.3 Å². The van der Waals surface area contributed by atoms with Gasteiger partial charge < -0.3 is 5.32 Å². The van der Waals surface area contributed by atoms with E-state index in [1.54, 1.807) is 18.3 Å². The minimum atomic E-state index is -3.28. The molecule has 2 unspecified atom stereocenters. The molecule has 0 amide bonds. The van der Waals surface area contributed by atoms with Gasteiger partial charge >= 0.3 is 0 Å². The van der Waals surface area contributed by atoms with E-state index in [4.69, 9.17) is 0 Å². The number of sulfonamides is 1. The summed E-state index contributed by atoms with van der Waals surface area (Å²) in [6.07, 6.45) is 1.77. The molecule has 6 heteroatoms. The van der Waals surface area contributed by atoms with Crippen LogP contribution in [0.15, 0.2) is 17.5 Å². The lowest BCUT2D eigenvalue weighted by Crippen LogP contribution is -2.40. The average molecular weight is 304 g/mol. The van der Waals surface area contributed by atoms with Crippen LogP contribution in [-0.4, -0.2) is 26.8 Å². The maximum absolute atomic E-state index is 12.2. The molecule has 0 aliphatic heterocycles. The van der Waals surface area contributed by atoms with Gasteiger partial charge in [-0.1, -0.05) is 19.9 Å². The predicted octanol–water partition coefficient (Wildman–Crippen LogP) is 2.51. The van der Waals surface area contributed by atoms with Crippen LogP contribution in [0.4, 0.5) is 0 Å². The van der Waals surface area contributed by atoms with E-state index in [1.165, 1.54) is 0 Å². The zero-order chi connectivity index (χ0) is 14.3. The molecular weight excluding hydrogens is 280 g/mol. The lowest BCUT2D eigenvalue weighted by atomic mass is 10.2. The van der Waals surface area contributed by atoms with Crippen molar-refractivity contribution in [3.63, 3.8) is 0 Å². The second kappa shape index (κ2) is 7.99. The molecular formula is C13H24N2O2S2. The smallest absolute Gasteiger partial charge is 0.216 e. The molecule has 19 heavy (non-hydrogen) atoms. The summed E-state index contributed by atoms with van der Waals surface area (Å²) in [6, 6.07) is 3.81. The van der Waals surface area contributed by atoms with Gasteiger partial charge in [-0.25, -0.2) is 13.1 Å². The van der Waals surface area contributed by atoms with E-state index in [9.17, 15) is 8.42 Å². The van der Waals surface area contributed by atoms with Crippen molar-refractivity contribution in [3.8, 4) is 0 Å². The molecule has 0 bridgehead atoms. The fourth-order valence-electron chi connectivity index (χ4n) is 1.74. The summed E-state index contributed by atoms with van der Waals surface area (Å²) in [5.41, 5.74) is 0. The van der Waals surface area contributed by atoms with Crippen molar-refractivity contribution in [1.29, 1.82) is 0 Å². The third-order valence-electron chi connectivity index (χ3n) is 2.99. The van der Waals surface area contributed by atoms with Gasteiger partial charge in [0.2, 0.25) is 10.0 Å². The van der Waals surface area contributed by atoms with Crippen LogP contribution < -0.4 is 10.0 Å². The molecule has 2 atom stereocenters. The highest BCUT2D eigenvalue weighted by atomic mass is 32.2. The van der Waals surface area contributed by atoms with Crippen molar-refractivity contribution in [2.75, 3.05) is 13.1 Å². The normalized spacial score (nSPS) is 15.3. The van der Waals surface area contributed by atoms with E-state index < -0.39 is 15.3 Å². The first-order valence-electron chi connectivity index (χ1n) is 6.76. The van der Waals surface area contributed by atoms with Gasteiger partial charge in [0.15, 0.2) is 0 Å². The van der Waals surface area contributed by atoms with Gasteiger partial charge in [0.1, 0.15) is 0 Å². The summed E-state index contributed by atoms with van der Waals surface area (Å²) in [4.78, 5) is 1.07. The quantitative estimate of drug-likeness (QED) is 0.689. The molecule has 1 aromatic rings. The zero-order valence-electron chi connectivity index (χ0n) is 11.8. The molecule has 2 N–H and O–H groups in total. The highest BCUT2D eigenvalue weighted by Crippen LogP contribution is 2.23. The highest BCUT2D eigenvalue weighted by molar-refractivity contribution is 7.90. The Morgan fingerprint density at radius 1 is 1.37 bits per heavy atom. The number of hydrogen-bond donors (Lipinski definition) is 2. The lowest BCUT2D eigenvalue weighted by Gasteiger charge is -2.20. The van der Waals surface area contributed by atoms with Crippen molar-refractivity contribution in [3.05, 3.63) is 22.4 Å². The van der Waals surface area contributed by atoms with Crippen molar-refractivity contribution in [2.45, 2.75) is 44.9 Å². The first-order valence-corrected chi connectivity index (χ1v) is 9.19. The van der Waals surface area contributed by atoms with E-state index in [2.05, 4.69) is 17.0 Å². The number of hydrogen-bond acceptors (Lipinski definition) is 4. The maximum atomic E-state index is 12.2. The molecule has 0 fully saturated rings. The fourth-order valence-corrected chi connectivity index (χ4v) is 3.93. The van der Waals surface area contributed by atoms with Crippen LogP contribution in [0, 0.1) is 0 Å². The second-order valence-electron chi connectivity index (χ2n) is 4.65. The van der Waals surface area contributed by atoms with Crippen molar-refractivity contribution < 1.29 is 8.42 Å². The largest absolute Gasteiger partial charge is 0.315 e. The topological polar surface area (TPSA) is 58.2 Å². The fraction of sp³-hybridized carbons (Fsp3) is 0.692. The SMILES string of the molecule is CCCNCC(C)S(=O)(=O)NC(CC)c1cccs1. The minimum absolute atomic E-state index is 0.112. The molecule has 0 radical (unpaired) electrons. The highest BCUT2D eigenvalue weighted by Gasteiger charge is 2.24. The average Bonchev–Trinajstić information content (AvgIpc) is 2.90. The van der Waals surface area contributed by atoms with E-state index in [1.807, 2.05) is 24.4 Å². The van der Waals surface area contributed by atoms with Crippen molar-refractivity contribution in [1.82, 2.24) is 10.0 Å². The third kappa shape index (κ3) is 5.22. The van der Waals surface area contributed by atoms with Gasteiger partial charge in [0.25, 0.3) is 0 Å². The maximum Gasteiger partial charge on any atom is 0.216 e. The Morgan fingerprint density at radius 3 is 2.63 bits per heavy atom. The Kier molecular flexibility index (Phi) is 6.99. The van der Waals surface area contributed by atoms with Crippen LogP contribution in [0.5, 0.6) is 0 Å². The molecule has 4 nitrogen and oxygen atoms in total. The summed E-state index contributed by atoms with van der Waals surface area (Å²) < 4.78 is 27.3. The molecule has 1 heterocycles. The van der Waals surface area contributed by atoms with Crippen LogP contribution in [0.1, 0.15) is 44.5 Å². The van der Waals surface area contributed by atoms with Crippen molar-refractivity contribution >= 4 is 21.4 Å². The van der Waals surface area contributed by atoms with E-state index in [0.29, 0.717) is 6.54 Å². The Bertz CT molecular complexity index is 443. The Hall–Kier alpha value is -0.430. The van der Waals surface area contributed by atoms with Gasteiger partial charge in [-0.05, 0) is 37.8 Å². The Labute approximate surface area is 120 Å². The van der Waals surface area contributed by atoms with Crippen LogP contribution in [0.3, 0.4) is 0 Å². The molecule has 0 aliphatic carbocycles. The van der Waals surface area contributed by atoms with Crippen LogP contribution in [0.2, 0.25) is 0 Å². The van der Waals surface area contributed by atoms with Gasteiger partial charge in [0, 0.05) is 11.4 Å². The van der Waals surface area contributed by atoms with Crippen LogP contribution in [0.25, 0.3) is 0 Å². The molecule has 110 valence electrons. The molecule has 0 spiro atoms. The molecule has 0 saturated carbocycles. The predicted molar refractivity (Wildman–Crippen MR) is 82.0 cm³/mol. The lowest BCUT2D eigenvalue weighted by molar-refractivity contribution is 0.534. The summed E-state index contributed by atoms with van der Waals surface area (Å²) in [5.74, 6) is 0.